The third kappa shape index (κ3) is 4.09. The highest BCUT2D eigenvalue weighted by atomic mass is 16.2. The molecule has 0 aliphatic carbocycles. The highest BCUT2D eigenvalue weighted by molar-refractivity contribution is 5.97. The van der Waals surface area contributed by atoms with Gasteiger partial charge in [-0.2, -0.15) is 0 Å². The van der Waals surface area contributed by atoms with Crippen LogP contribution in [0.4, 0.5) is 0 Å². The molecule has 0 saturated carbocycles. The molecule has 2 unspecified atom stereocenters. The molecule has 1 fully saturated rings. The fraction of sp³-hybridized carbons (Fsp3) is 0.857. The summed E-state index contributed by atoms with van der Waals surface area (Å²) in [6.45, 7) is 7.91. The van der Waals surface area contributed by atoms with E-state index in [0.29, 0.717) is 31.7 Å². The molecule has 1 heterocycles. The number of nitrogens with one attached hydrogen (secondary N) is 1. The summed E-state index contributed by atoms with van der Waals surface area (Å²) in [6, 6.07) is 0.223. The van der Waals surface area contributed by atoms with Gasteiger partial charge in [-0.25, -0.2) is 0 Å². The Morgan fingerprint density at radius 3 is 2.33 bits per heavy atom. The van der Waals surface area contributed by atoms with Crippen LogP contribution >= 0.6 is 0 Å². The lowest BCUT2D eigenvalue weighted by molar-refractivity contribution is -0.148. The van der Waals surface area contributed by atoms with Crippen LogP contribution in [0.3, 0.4) is 0 Å². The molecule has 0 radical (unpaired) electrons. The third-order valence-corrected chi connectivity index (χ3v) is 3.75. The number of hydrogen-bond acceptors (Lipinski definition) is 3. The number of carbonyl (C=O) groups is 2. The summed E-state index contributed by atoms with van der Waals surface area (Å²) in [5.74, 6) is 0.467. The van der Waals surface area contributed by atoms with E-state index in [-0.39, 0.29) is 17.9 Å². The van der Waals surface area contributed by atoms with Crippen LogP contribution < -0.4 is 5.32 Å². The molecule has 104 valence electrons. The molecule has 1 rings (SSSR count). The average Bonchev–Trinajstić information content (AvgIpc) is 2.36. The molecular weight excluding hydrogens is 228 g/mol. The van der Waals surface area contributed by atoms with E-state index in [1.54, 1.807) is 0 Å². The van der Waals surface area contributed by atoms with Gasteiger partial charge in [0.05, 0.1) is 0 Å². The molecule has 2 atom stereocenters. The molecule has 2 amide bonds. The van der Waals surface area contributed by atoms with E-state index in [1.165, 1.54) is 4.90 Å². The van der Waals surface area contributed by atoms with E-state index in [4.69, 9.17) is 0 Å². The fourth-order valence-electron chi connectivity index (χ4n) is 2.26. The molecule has 0 aromatic rings. The lowest BCUT2D eigenvalue weighted by Gasteiger charge is -2.32. The van der Waals surface area contributed by atoms with Gasteiger partial charge in [-0.3, -0.25) is 14.5 Å². The first-order chi connectivity index (χ1) is 8.60. The van der Waals surface area contributed by atoms with Gasteiger partial charge in [0.15, 0.2) is 0 Å². The van der Waals surface area contributed by atoms with Gasteiger partial charge < -0.3 is 5.32 Å². The van der Waals surface area contributed by atoms with Gasteiger partial charge in [0.25, 0.3) is 0 Å². The second kappa shape index (κ2) is 7.52. The van der Waals surface area contributed by atoms with Gasteiger partial charge in [0.1, 0.15) is 0 Å². The van der Waals surface area contributed by atoms with Crippen molar-refractivity contribution in [3.05, 3.63) is 0 Å². The minimum Gasteiger partial charge on any atom is -0.312 e. The van der Waals surface area contributed by atoms with Crippen LogP contribution in [0.15, 0.2) is 0 Å². The standard InChI is InChI=1S/C14H26N2O2/c1-4-9-15-12(11(3)5-2)10-16-13(17)7-6-8-14(16)18/h11-12,15H,4-10H2,1-3H3. The summed E-state index contributed by atoms with van der Waals surface area (Å²) < 4.78 is 0. The van der Waals surface area contributed by atoms with Crippen molar-refractivity contribution in [2.24, 2.45) is 5.92 Å². The monoisotopic (exact) mass is 254 g/mol. The van der Waals surface area contributed by atoms with Gasteiger partial charge in [-0.1, -0.05) is 27.2 Å². The minimum atomic E-state index is -0.00199. The third-order valence-electron chi connectivity index (χ3n) is 3.75. The zero-order valence-corrected chi connectivity index (χ0v) is 11.9. The lowest BCUT2D eigenvalue weighted by Crippen LogP contribution is -2.50. The van der Waals surface area contributed by atoms with Gasteiger partial charge in [0, 0.05) is 25.4 Å². The maximum absolute atomic E-state index is 11.8. The Kier molecular flexibility index (Phi) is 6.33. The van der Waals surface area contributed by atoms with E-state index < -0.39 is 0 Å². The Labute approximate surface area is 110 Å². The second-order valence-electron chi connectivity index (χ2n) is 5.20. The first kappa shape index (κ1) is 15.2. The van der Waals surface area contributed by atoms with E-state index in [1.807, 2.05) is 0 Å². The van der Waals surface area contributed by atoms with Crippen LogP contribution in [0.25, 0.3) is 0 Å². The molecule has 0 aromatic carbocycles. The molecule has 1 aliphatic rings. The molecule has 1 aliphatic heterocycles. The van der Waals surface area contributed by atoms with Crippen LogP contribution in [0, 0.1) is 5.92 Å². The number of piperidine rings is 1. The Hall–Kier alpha value is -0.900. The maximum Gasteiger partial charge on any atom is 0.229 e. The first-order valence-corrected chi connectivity index (χ1v) is 7.16. The predicted octanol–water partition coefficient (Wildman–Crippen LogP) is 1.94. The average molecular weight is 254 g/mol. The van der Waals surface area contributed by atoms with Gasteiger partial charge in [-0.05, 0) is 25.3 Å². The summed E-state index contributed by atoms with van der Waals surface area (Å²) in [5, 5.41) is 3.46. The van der Waals surface area contributed by atoms with Crippen LogP contribution in [0.5, 0.6) is 0 Å². The smallest absolute Gasteiger partial charge is 0.229 e. The first-order valence-electron chi connectivity index (χ1n) is 7.16. The number of hydrogen-bond donors (Lipinski definition) is 1. The normalized spacial score (nSPS) is 20.1. The second-order valence-corrected chi connectivity index (χ2v) is 5.20. The Bertz CT molecular complexity index is 276. The van der Waals surface area contributed by atoms with E-state index >= 15 is 0 Å². The van der Waals surface area contributed by atoms with E-state index in [9.17, 15) is 9.59 Å². The lowest BCUT2D eigenvalue weighted by atomic mass is 9.97. The Morgan fingerprint density at radius 1 is 1.22 bits per heavy atom. The van der Waals surface area contributed by atoms with Crippen molar-refractivity contribution in [2.75, 3.05) is 13.1 Å². The van der Waals surface area contributed by atoms with Crippen LogP contribution in [-0.2, 0) is 9.59 Å². The largest absolute Gasteiger partial charge is 0.312 e. The van der Waals surface area contributed by atoms with Crippen molar-refractivity contribution in [1.82, 2.24) is 10.2 Å². The van der Waals surface area contributed by atoms with Gasteiger partial charge in [-0.15, -0.1) is 0 Å². The predicted molar refractivity (Wildman–Crippen MR) is 72.1 cm³/mol. The van der Waals surface area contributed by atoms with Crippen molar-refractivity contribution >= 4 is 11.8 Å². The molecule has 18 heavy (non-hydrogen) atoms. The number of rotatable bonds is 7. The molecule has 1 saturated heterocycles. The van der Waals surface area contributed by atoms with Crippen molar-refractivity contribution in [3.8, 4) is 0 Å². The van der Waals surface area contributed by atoms with Crippen LogP contribution in [0.2, 0.25) is 0 Å². The number of nitrogens with zero attached hydrogens (tertiary/aromatic N) is 1. The molecule has 0 aromatic heterocycles. The quantitative estimate of drug-likeness (QED) is 0.706. The molecule has 0 spiro atoms. The van der Waals surface area contributed by atoms with Crippen LogP contribution in [-0.4, -0.2) is 35.8 Å². The van der Waals surface area contributed by atoms with Crippen molar-refractivity contribution in [3.63, 3.8) is 0 Å². The van der Waals surface area contributed by atoms with Crippen molar-refractivity contribution in [1.29, 1.82) is 0 Å². The van der Waals surface area contributed by atoms with Crippen LogP contribution in [0.1, 0.15) is 52.9 Å². The van der Waals surface area contributed by atoms with Crippen molar-refractivity contribution in [2.45, 2.75) is 58.9 Å². The maximum atomic E-state index is 11.8. The summed E-state index contributed by atoms with van der Waals surface area (Å²) in [5.41, 5.74) is 0. The molecule has 0 bridgehead atoms. The minimum absolute atomic E-state index is 0.00199. The SMILES string of the molecule is CCCNC(CN1C(=O)CCCC1=O)C(C)CC. The number of carbonyl (C=O) groups excluding carboxylic acids is 2. The van der Waals surface area contributed by atoms with Crippen molar-refractivity contribution < 1.29 is 9.59 Å². The van der Waals surface area contributed by atoms with Gasteiger partial charge in [0.2, 0.25) is 11.8 Å². The van der Waals surface area contributed by atoms with E-state index in [2.05, 4.69) is 26.1 Å². The number of likely N-dealkylation sites (tertiary alicyclic amines) is 1. The molecule has 4 heteroatoms. The zero-order chi connectivity index (χ0) is 13.5. The summed E-state index contributed by atoms with van der Waals surface area (Å²) >= 11 is 0. The molecule has 4 nitrogen and oxygen atoms in total. The number of amides is 2. The van der Waals surface area contributed by atoms with E-state index in [0.717, 1.165) is 19.4 Å². The molecular formula is C14H26N2O2. The Morgan fingerprint density at radius 2 is 1.83 bits per heavy atom. The Balaban J connectivity index is 2.62. The summed E-state index contributed by atoms with van der Waals surface area (Å²) in [4.78, 5) is 25.1. The zero-order valence-electron chi connectivity index (χ0n) is 11.9. The summed E-state index contributed by atoms with van der Waals surface area (Å²) in [6.07, 6.45) is 3.87. The fourth-order valence-corrected chi connectivity index (χ4v) is 2.26. The summed E-state index contributed by atoms with van der Waals surface area (Å²) in [7, 11) is 0. The highest BCUT2D eigenvalue weighted by Gasteiger charge is 2.29. The number of imide groups is 1. The van der Waals surface area contributed by atoms with Gasteiger partial charge >= 0.3 is 0 Å². The topological polar surface area (TPSA) is 49.4 Å². The highest BCUT2D eigenvalue weighted by Crippen LogP contribution is 2.16. The molecule has 1 N–H and O–H groups in total.